The van der Waals surface area contributed by atoms with E-state index >= 15 is 0 Å². The molecule has 0 unspecified atom stereocenters. The Bertz CT molecular complexity index is 948. The van der Waals surface area contributed by atoms with E-state index in [0.717, 1.165) is 16.5 Å². The van der Waals surface area contributed by atoms with Crippen molar-refractivity contribution in [2.45, 2.75) is 12.5 Å². The van der Waals surface area contributed by atoms with E-state index in [4.69, 9.17) is 5.73 Å². The number of nitrogens with one attached hydrogen (secondary N) is 1. The van der Waals surface area contributed by atoms with E-state index in [1.54, 1.807) is 9.80 Å². The summed E-state index contributed by atoms with van der Waals surface area (Å²) in [4.78, 5) is 32.2. The van der Waals surface area contributed by atoms with Crippen LogP contribution in [0.3, 0.4) is 0 Å². The number of rotatable bonds is 4. The Kier molecular flexibility index (Phi) is 6.56. The first-order valence-electron chi connectivity index (χ1n) is 9.57. The van der Waals surface area contributed by atoms with Gasteiger partial charge in [-0.1, -0.05) is 48.5 Å². The molecule has 1 saturated heterocycles. The lowest BCUT2D eigenvalue weighted by Crippen LogP contribution is -2.54. The summed E-state index contributed by atoms with van der Waals surface area (Å²) in [5.74, 6) is -0.0848. The fourth-order valence-electron chi connectivity index (χ4n) is 3.68. The summed E-state index contributed by atoms with van der Waals surface area (Å²) in [6.45, 7) is 2.04. The molecule has 1 atom stereocenters. The normalized spacial score (nSPS) is 15.1. The molecule has 1 aliphatic rings. The number of para-hydroxylation sites is 1. The van der Waals surface area contributed by atoms with Crippen LogP contribution >= 0.6 is 12.4 Å². The van der Waals surface area contributed by atoms with Crippen LogP contribution in [0.2, 0.25) is 0 Å². The highest BCUT2D eigenvalue weighted by atomic mass is 35.5. The van der Waals surface area contributed by atoms with E-state index < -0.39 is 6.04 Å². The first-order valence-corrected chi connectivity index (χ1v) is 9.57. The standard InChI is InChI=1S/C22H24N4O2.ClH/c23-18(14-16-6-2-1-3-7-16)21(27)25-10-12-26(13-11-25)22(28)20-15-17-8-4-5-9-19(17)24-20;/h1-9,15,18,24H,10-14,23H2;1H/t18-;/m0./s1. The van der Waals surface area contributed by atoms with Crippen LogP contribution in [0.5, 0.6) is 0 Å². The molecule has 1 aliphatic heterocycles. The van der Waals surface area contributed by atoms with Crippen LogP contribution in [0.1, 0.15) is 16.1 Å². The number of carbonyl (C=O) groups excluding carboxylic acids is 2. The third-order valence-corrected chi connectivity index (χ3v) is 5.25. The summed E-state index contributed by atoms with van der Waals surface area (Å²) in [5, 5.41) is 1.02. The van der Waals surface area contributed by atoms with Crippen molar-refractivity contribution in [3.8, 4) is 0 Å². The molecule has 2 aromatic carbocycles. The minimum Gasteiger partial charge on any atom is -0.351 e. The first kappa shape index (κ1) is 20.9. The van der Waals surface area contributed by atoms with Gasteiger partial charge in [-0.15, -0.1) is 12.4 Å². The molecule has 4 rings (SSSR count). The highest BCUT2D eigenvalue weighted by molar-refractivity contribution is 5.98. The molecule has 29 heavy (non-hydrogen) atoms. The van der Waals surface area contributed by atoms with Crippen molar-refractivity contribution in [2.75, 3.05) is 26.2 Å². The lowest BCUT2D eigenvalue weighted by atomic mass is 10.1. The van der Waals surface area contributed by atoms with E-state index in [9.17, 15) is 9.59 Å². The summed E-state index contributed by atoms with van der Waals surface area (Å²) >= 11 is 0. The molecule has 2 amide bonds. The van der Waals surface area contributed by atoms with Crippen molar-refractivity contribution in [2.24, 2.45) is 5.73 Å². The lowest BCUT2D eigenvalue weighted by molar-refractivity contribution is -0.134. The topological polar surface area (TPSA) is 82.4 Å². The van der Waals surface area contributed by atoms with Crippen molar-refractivity contribution in [1.29, 1.82) is 0 Å². The Balaban J connectivity index is 0.00000240. The van der Waals surface area contributed by atoms with Crippen LogP contribution < -0.4 is 5.73 Å². The number of fused-ring (bicyclic) bond motifs is 1. The summed E-state index contributed by atoms with van der Waals surface area (Å²) in [7, 11) is 0. The Morgan fingerprint density at radius 3 is 2.24 bits per heavy atom. The second kappa shape index (κ2) is 9.11. The Hall–Kier alpha value is -2.83. The number of aromatic nitrogens is 1. The van der Waals surface area contributed by atoms with Gasteiger partial charge < -0.3 is 20.5 Å². The molecular weight excluding hydrogens is 388 g/mol. The van der Waals surface area contributed by atoms with E-state index in [-0.39, 0.29) is 24.2 Å². The molecule has 7 heteroatoms. The number of nitrogens with two attached hydrogens (primary N) is 1. The van der Waals surface area contributed by atoms with Gasteiger partial charge in [-0.25, -0.2) is 0 Å². The number of aromatic amines is 1. The van der Waals surface area contributed by atoms with E-state index in [1.165, 1.54) is 0 Å². The molecule has 152 valence electrons. The van der Waals surface area contributed by atoms with Gasteiger partial charge in [0.05, 0.1) is 6.04 Å². The average Bonchev–Trinajstić information content (AvgIpc) is 3.18. The van der Waals surface area contributed by atoms with Gasteiger partial charge in [-0.3, -0.25) is 9.59 Å². The monoisotopic (exact) mass is 412 g/mol. The van der Waals surface area contributed by atoms with Crippen LogP contribution in [0.25, 0.3) is 10.9 Å². The van der Waals surface area contributed by atoms with E-state index in [2.05, 4.69) is 4.98 Å². The maximum atomic E-state index is 12.8. The molecular formula is C22H25ClN4O2. The number of halogens is 1. The summed E-state index contributed by atoms with van der Waals surface area (Å²) in [6, 6.07) is 18.9. The van der Waals surface area contributed by atoms with Crippen LogP contribution in [0.15, 0.2) is 60.7 Å². The minimum absolute atomic E-state index is 0. The van der Waals surface area contributed by atoms with Crippen LogP contribution in [-0.4, -0.2) is 58.8 Å². The number of H-pyrrole nitrogens is 1. The summed E-state index contributed by atoms with van der Waals surface area (Å²) in [5.41, 5.74) is 8.72. The lowest BCUT2D eigenvalue weighted by Gasteiger charge is -2.35. The van der Waals surface area contributed by atoms with Gasteiger partial charge in [0.25, 0.3) is 5.91 Å². The molecule has 3 N–H and O–H groups in total. The number of nitrogens with zero attached hydrogens (tertiary/aromatic N) is 2. The third-order valence-electron chi connectivity index (χ3n) is 5.25. The van der Waals surface area contributed by atoms with Crippen LogP contribution in [0, 0.1) is 0 Å². The predicted molar refractivity (Wildman–Crippen MR) is 116 cm³/mol. The van der Waals surface area contributed by atoms with Gasteiger partial charge in [0.2, 0.25) is 5.91 Å². The molecule has 0 spiro atoms. The number of carbonyl (C=O) groups is 2. The Morgan fingerprint density at radius 2 is 1.55 bits per heavy atom. The molecule has 0 bridgehead atoms. The number of hydrogen-bond donors (Lipinski definition) is 2. The highest BCUT2D eigenvalue weighted by Crippen LogP contribution is 2.17. The molecule has 1 aromatic heterocycles. The van der Waals surface area contributed by atoms with Crippen molar-refractivity contribution in [1.82, 2.24) is 14.8 Å². The zero-order valence-electron chi connectivity index (χ0n) is 16.1. The molecule has 0 saturated carbocycles. The second-order valence-electron chi connectivity index (χ2n) is 7.18. The molecule has 6 nitrogen and oxygen atoms in total. The predicted octanol–water partition coefficient (Wildman–Crippen LogP) is 2.44. The minimum atomic E-state index is -0.557. The van der Waals surface area contributed by atoms with Gasteiger partial charge in [0.1, 0.15) is 5.69 Å². The highest BCUT2D eigenvalue weighted by Gasteiger charge is 2.28. The average molecular weight is 413 g/mol. The largest absolute Gasteiger partial charge is 0.351 e. The fourth-order valence-corrected chi connectivity index (χ4v) is 3.68. The number of piperazine rings is 1. The van der Waals surface area contributed by atoms with Gasteiger partial charge >= 0.3 is 0 Å². The molecule has 1 fully saturated rings. The fraction of sp³-hybridized carbons (Fsp3) is 0.273. The Labute approximate surface area is 176 Å². The molecule has 2 heterocycles. The maximum absolute atomic E-state index is 12.8. The van der Waals surface area contributed by atoms with Gasteiger partial charge in [-0.2, -0.15) is 0 Å². The first-order chi connectivity index (χ1) is 13.6. The van der Waals surface area contributed by atoms with Crippen molar-refractivity contribution >= 4 is 35.1 Å². The van der Waals surface area contributed by atoms with Gasteiger partial charge in [0.15, 0.2) is 0 Å². The summed E-state index contributed by atoms with van der Waals surface area (Å²) in [6.07, 6.45) is 0.522. The quantitative estimate of drug-likeness (QED) is 0.690. The Morgan fingerprint density at radius 1 is 0.931 bits per heavy atom. The van der Waals surface area contributed by atoms with E-state index in [0.29, 0.717) is 38.3 Å². The SMILES string of the molecule is Cl.N[C@@H](Cc1ccccc1)C(=O)N1CCN(C(=O)c2cc3ccccc3[nH]2)CC1. The van der Waals surface area contributed by atoms with Crippen LogP contribution in [0.4, 0.5) is 0 Å². The van der Waals surface area contributed by atoms with Gasteiger partial charge in [-0.05, 0) is 24.1 Å². The summed E-state index contributed by atoms with van der Waals surface area (Å²) < 4.78 is 0. The van der Waals surface area contributed by atoms with Crippen LogP contribution in [-0.2, 0) is 11.2 Å². The van der Waals surface area contributed by atoms with Crippen molar-refractivity contribution in [3.05, 3.63) is 71.9 Å². The molecule has 3 aromatic rings. The van der Waals surface area contributed by atoms with E-state index in [1.807, 2.05) is 60.7 Å². The third kappa shape index (κ3) is 4.60. The second-order valence-corrected chi connectivity index (χ2v) is 7.18. The van der Waals surface area contributed by atoms with Gasteiger partial charge in [0, 0.05) is 37.1 Å². The smallest absolute Gasteiger partial charge is 0.270 e. The number of amides is 2. The molecule has 0 aliphatic carbocycles. The zero-order valence-corrected chi connectivity index (χ0v) is 16.9. The van der Waals surface area contributed by atoms with Crippen molar-refractivity contribution in [3.63, 3.8) is 0 Å². The molecule has 0 radical (unpaired) electrons. The van der Waals surface area contributed by atoms with Crippen molar-refractivity contribution < 1.29 is 9.59 Å². The zero-order chi connectivity index (χ0) is 19.5. The number of benzene rings is 2. The maximum Gasteiger partial charge on any atom is 0.270 e. The number of hydrogen-bond acceptors (Lipinski definition) is 3.